The van der Waals surface area contributed by atoms with Gasteiger partial charge in [-0.25, -0.2) is 9.78 Å². The second kappa shape index (κ2) is 9.67. The number of nitrogens with zero attached hydrogens (tertiary/aromatic N) is 5. The van der Waals surface area contributed by atoms with Crippen molar-refractivity contribution in [2.24, 2.45) is 0 Å². The molecular weight excluding hydrogens is 502 g/mol. The van der Waals surface area contributed by atoms with Crippen LogP contribution in [0.2, 0.25) is 0 Å². The predicted octanol–water partition coefficient (Wildman–Crippen LogP) is 4.34. The molecule has 10 nitrogen and oxygen atoms in total. The number of likely N-dealkylation sites (tertiary alicyclic amines) is 1. The van der Waals surface area contributed by atoms with Crippen molar-refractivity contribution >= 4 is 56.5 Å². The molecule has 4 amide bonds. The highest BCUT2D eigenvalue weighted by Crippen LogP contribution is 2.45. The minimum absolute atomic E-state index is 0.149. The monoisotopic (exact) mass is 525 g/mol. The van der Waals surface area contributed by atoms with Gasteiger partial charge >= 0.3 is 6.03 Å². The third-order valence-electron chi connectivity index (χ3n) is 6.62. The molecule has 4 aromatic heterocycles. The lowest BCUT2D eigenvalue weighted by atomic mass is 10.1. The van der Waals surface area contributed by atoms with Crippen LogP contribution in [0.3, 0.4) is 0 Å². The number of carbonyl (C=O) groups is 3. The Morgan fingerprint density at radius 2 is 1.95 bits per heavy atom. The molecule has 0 bridgehead atoms. The van der Waals surface area contributed by atoms with E-state index in [9.17, 15) is 14.4 Å². The van der Waals surface area contributed by atoms with Gasteiger partial charge in [0.2, 0.25) is 5.91 Å². The van der Waals surface area contributed by atoms with Crippen molar-refractivity contribution in [3.8, 4) is 11.4 Å². The largest absolute Gasteiger partial charge is 0.347 e. The molecule has 190 valence electrons. The van der Waals surface area contributed by atoms with Crippen LogP contribution in [-0.2, 0) is 4.79 Å². The second-order valence-corrected chi connectivity index (χ2v) is 10.00. The molecule has 2 aliphatic rings. The molecule has 0 spiro atoms. The van der Waals surface area contributed by atoms with Gasteiger partial charge in [0.15, 0.2) is 0 Å². The summed E-state index contributed by atoms with van der Waals surface area (Å²) in [5.74, 6) is -0.452. The Hall–Kier alpha value is -4.64. The first kappa shape index (κ1) is 23.7. The first-order valence-corrected chi connectivity index (χ1v) is 13.0. The van der Waals surface area contributed by atoms with Crippen LogP contribution in [0.25, 0.3) is 21.6 Å². The average Bonchev–Trinajstić information content (AvgIpc) is 3.33. The summed E-state index contributed by atoms with van der Waals surface area (Å²) < 4.78 is 0. The number of hydrogen-bond donors (Lipinski definition) is 2. The normalized spacial score (nSPS) is 16.7. The van der Waals surface area contributed by atoms with Crippen LogP contribution >= 0.6 is 11.3 Å². The molecule has 4 aromatic rings. The van der Waals surface area contributed by atoms with Gasteiger partial charge in [0.1, 0.15) is 9.71 Å². The summed E-state index contributed by atoms with van der Waals surface area (Å²) in [6.07, 6.45) is 7.79. The van der Waals surface area contributed by atoms with Crippen molar-refractivity contribution in [1.82, 2.24) is 25.2 Å². The fraction of sp³-hybridized carbons (Fsp3) is 0.185. The standard InChI is InChI=1S/C27H23N7O3S/c1-2-21(35)33-13-5-6-16(15-33)31-25(36)24-23-22-20(9-12-30-26(22)38-24)34(27(37)32-23)17-8-11-29-19(14-17)18-7-3-4-10-28-18/h2-4,7-12,14,16H,1,5-6,13,15H2,(H,31,36)(H,32,37)/t16-/m1/s1. The van der Waals surface area contributed by atoms with Gasteiger partial charge in [-0.15, -0.1) is 11.3 Å². The Labute approximate surface area is 222 Å². The van der Waals surface area contributed by atoms with Crippen LogP contribution in [0.15, 0.2) is 67.6 Å². The van der Waals surface area contributed by atoms with E-state index in [4.69, 9.17) is 0 Å². The van der Waals surface area contributed by atoms with E-state index in [1.807, 2.05) is 18.2 Å². The van der Waals surface area contributed by atoms with Crippen LogP contribution in [0.4, 0.5) is 21.9 Å². The molecule has 0 radical (unpaired) electrons. The second-order valence-electron chi connectivity index (χ2n) is 9.00. The maximum Gasteiger partial charge on any atom is 0.331 e. The number of anilines is 3. The highest BCUT2D eigenvalue weighted by Gasteiger charge is 2.34. The number of aromatic nitrogens is 3. The number of thiophene rings is 1. The van der Waals surface area contributed by atoms with Crippen LogP contribution in [0.5, 0.6) is 0 Å². The molecule has 1 fully saturated rings. The summed E-state index contributed by atoms with van der Waals surface area (Å²) in [5, 5.41) is 6.66. The Morgan fingerprint density at radius 3 is 2.76 bits per heavy atom. The molecule has 38 heavy (non-hydrogen) atoms. The number of rotatable bonds is 5. The molecule has 1 saturated heterocycles. The zero-order chi connectivity index (χ0) is 26.2. The predicted molar refractivity (Wildman–Crippen MR) is 146 cm³/mol. The quantitative estimate of drug-likeness (QED) is 0.374. The number of piperidine rings is 1. The van der Waals surface area contributed by atoms with Crippen LogP contribution in [0, 0.1) is 0 Å². The van der Waals surface area contributed by atoms with Crippen molar-refractivity contribution in [1.29, 1.82) is 0 Å². The van der Waals surface area contributed by atoms with Crippen molar-refractivity contribution in [3.05, 3.63) is 72.5 Å². The fourth-order valence-corrected chi connectivity index (χ4v) is 5.91. The molecule has 6 heterocycles. The summed E-state index contributed by atoms with van der Waals surface area (Å²) in [5.41, 5.74) is 3.01. The van der Waals surface area contributed by atoms with E-state index in [1.54, 1.807) is 46.6 Å². The third kappa shape index (κ3) is 4.16. The van der Waals surface area contributed by atoms with Gasteiger partial charge in [-0.05, 0) is 49.2 Å². The lowest BCUT2D eigenvalue weighted by Crippen LogP contribution is -2.49. The molecule has 0 saturated carbocycles. The van der Waals surface area contributed by atoms with Crippen molar-refractivity contribution < 1.29 is 14.4 Å². The maximum absolute atomic E-state index is 13.4. The average molecular weight is 526 g/mol. The summed E-state index contributed by atoms with van der Waals surface area (Å²) in [6.45, 7) is 4.61. The third-order valence-corrected chi connectivity index (χ3v) is 7.72. The molecule has 1 atom stereocenters. The fourth-order valence-electron chi connectivity index (χ4n) is 4.89. The number of carbonyl (C=O) groups excluding carboxylic acids is 3. The zero-order valence-electron chi connectivity index (χ0n) is 20.3. The van der Waals surface area contributed by atoms with E-state index >= 15 is 0 Å². The minimum Gasteiger partial charge on any atom is -0.347 e. The van der Waals surface area contributed by atoms with Crippen LogP contribution < -0.4 is 15.5 Å². The molecule has 2 N–H and O–H groups in total. The molecule has 11 heteroatoms. The maximum atomic E-state index is 13.4. The van der Waals surface area contributed by atoms with E-state index in [0.29, 0.717) is 56.6 Å². The molecule has 0 aliphatic carbocycles. The lowest BCUT2D eigenvalue weighted by Gasteiger charge is -2.32. The van der Waals surface area contributed by atoms with Gasteiger partial charge in [0.05, 0.1) is 33.8 Å². The smallest absolute Gasteiger partial charge is 0.331 e. The number of hydrogen-bond acceptors (Lipinski definition) is 7. The van der Waals surface area contributed by atoms with Crippen LogP contribution in [-0.4, -0.2) is 56.8 Å². The Morgan fingerprint density at radius 1 is 1.11 bits per heavy atom. The van der Waals surface area contributed by atoms with Gasteiger partial charge < -0.3 is 15.5 Å². The van der Waals surface area contributed by atoms with Gasteiger partial charge in [-0.3, -0.25) is 24.5 Å². The number of urea groups is 1. The summed E-state index contributed by atoms with van der Waals surface area (Å²) >= 11 is 1.23. The molecule has 0 aromatic carbocycles. The highest BCUT2D eigenvalue weighted by molar-refractivity contribution is 7.21. The van der Waals surface area contributed by atoms with E-state index in [2.05, 4.69) is 32.2 Å². The van der Waals surface area contributed by atoms with E-state index in [0.717, 1.165) is 12.8 Å². The summed E-state index contributed by atoms with van der Waals surface area (Å²) in [4.78, 5) is 56.4. The summed E-state index contributed by atoms with van der Waals surface area (Å²) in [7, 11) is 0. The van der Waals surface area contributed by atoms with Crippen molar-refractivity contribution in [3.63, 3.8) is 0 Å². The van der Waals surface area contributed by atoms with Gasteiger partial charge in [0, 0.05) is 37.7 Å². The van der Waals surface area contributed by atoms with Crippen LogP contribution in [0.1, 0.15) is 22.5 Å². The first-order chi connectivity index (χ1) is 18.5. The van der Waals surface area contributed by atoms with Gasteiger partial charge in [-0.2, -0.15) is 0 Å². The lowest BCUT2D eigenvalue weighted by molar-refractivity contribution is -0.127. The number of amides is 4. The number of nitrogens with one attached hydrogen (secondary N) is 2. The molecule has 0 unspecified atom stereocenters. The molecule has 2 aliphatic heterocycles. The zero-order valence-corrected chi connectivity index (χ0v) is 21.1. The SMILES string of the molecule is C=CC(=O)N1CCC[C@@H](NC(=O)c2sc3nccc4c3c2NC(=O)N4c2ccnc(-c3ccccn3)c2)C1. The van der Waals surface area contributed by atoms with Gasteiger partial charge in [-0.1, -0.05) is 12.6 Å². The van der Waals surface area contributed by atoms with Gasteiger partial charge in [0.25, 0.3) is 5.91 Å². The van der Waals surface area contributed by atoms with E-state index < -0.39 is 6.03 Å². The summed E-state index contributed by atoms with van der Waals surface area (Å²) in [6, 6.07) is 10.3. The van der Waals surface area contributed by atoms with Crippen molar-refractivity contribution in [2.75, 3.05) is 23.3 Å². The first-order valence-electron chi connectivity index (χ1n) is 12.2. The van der Waals surface area contributed by atoms with E-state index in [1.165, 1.54) is 17.4 Å². The highest BCUT2D eigenvalue weighted by atomic mass is 32.1. The Bertz CT molecular complexity index is 1590. The number of pyridine rings is 3. The molecule has 6 rings (SSSR count). The topological polar surface area (TPSA) is 120 Å². The Kier molecular flexibility index (Phi) is 6.04. The minimum atomic E-state index is -0.393. The van der Waals surface area contributed by atoms with E-state index in [-0.39, 0.29) is 17.9 Å². The Balaban J connectivity index is 1.33. The molecular formula is C27H23N7O3S. The van der Waals surface area contributed by atoms with Crippen molar-refractivity contribution in [2.45, 2.75) is 18.9 Å².